The molecule has 0 radical (unpaired) electrons. The molecule has 0 fully saturated rings. The van der Waals surface area contributed by atoms with Crippen molar-refractivity contribution in [3.8, 4) is 5.75 Å². The van der Waals surface area contributed by atoms with Crippen molar-refractivity contribution in [1.29, 1.82) is 0 Å². The van der Waals surface area contributed by atoms with E-state index in [9.17, 15) is 4.79 Å². The molecule has 4 heteroatoms. The number of amides is 1. The fourth-order valence-corrected chi connectivity index (χ4v) is 4.52. The second-order valence-electron chi connectivity index (χ2n) is 7.47. The van der Waals surface area contributed by atoms with E-state index in [1.807, 2.05) is 65.0 Å². The monoisotopic (exact) mass is 382 g/mol. The zero-order chi connectivity index (χ0) is 20.1. The van der Waals surface area contributed by atoms with Gasteiger partial charge in [-0.3, -0.25) is 9.69 Å². The highest BCUT2D eigenvalue weighted by Gasteiger charge is 2.43. The zero-order valence-electron chi connectivity index (χ0n) is 16.7. The maximum absolute atomic E-state index is 13.7. The molecule has 0 saturated carbocycles. The summed E-state index contributed by atoms with van der Waals surface area (Å²) in [6.45, 7) is 2.11. The third kappa shape index (κ3) is 2.49. The number of aryl methyl sites for hydroxylation is 2. The number of fused-ring (bicyclic) bond motifs is 3. The van der Waals surface area contributed by atoms with Crippen molar-refractivity contribution >= 4 is 22.5 Å². The van der Waals surface area contributed by atoms with Crippen molar-refractivity contribution in [2.24, 2.45) is 7.05 Å². The van der Waals surface area contributed by atoms with E-state index in [1.165, 1.54) is 5.56 Å². The molecule has 0 aliphatic carbocycles. The van der Waals surface area contributed by atoms with Crippen molar-refractivity contribution in [1.82, 2.24) is 4.57 Å². The van der Waals surface area contributed by atoms with Gasteiger partial charge in [0.05, 0.1) is 13.2 Å². The topological polar surface area (TPSA) is 34.5 Å². The molecule has 1 aliphatic rings. The Bertz CT molecular complexity index is 1240. The fourth-order valence-electron chi connectivity index (χ4n) is 4.52. The van der Waals surface area contributed by atoms with E-state index >= 15 is 0 Å². The first-order chi connectivity index (χ1) is 14.1. The quantitative estimate of drug-likeness (QED) is 0.485. The summed E-state index contributed by atoms with van der Waals surface area (Å²) in [5.41, 5.74) is 6.10. The van der Waals surface area contributed by atoms with Gasteiger partial charge in [-0.15, -0.1) is 0 Å². The summed E-state index contributed by atoms with van der Waals surface area (Å²) in [5.74, 6) is 0.799. The van der Waals surface area contributed by atoms with Crippen LogP contribution in [0.25, 0.3) is 10.9 Å². The minimum Gasteiger partial charge on any atom is -0.497 e. The molecule has 5 rings (SSSR count). The molecular formula is C25H22N2O2. The van der Waals surface area contributed by atoms with E-state index in [0.29, 0.717) is 0 Å². The lowest BCUT2D eigenvalue weighted by atomic mass is 9.94. The van der Waals surface area contributed by atoms with Gasteiger partial charge in [0.1, 0.15) is 11.4 Å². The summed E-state index contributed by atoms with van der Waals surface area (Å²) in [4.78, 5) is 15.6. The molecular weight excluding hydrogens is 360 g/mol. The third-order valence-electron chi connectivity index (χ3n) is 5.93. The van der Waals surface area contributed by atoms with Crippen LogP contribution < -0.4 is 9.64 Å². The molecule has 1 amide bonds. The largest absolute Gasteiger partial charge is 0.497 e. The molecule has 4 nitrogen and oxygen atoms in total. The molecule has 4 aromatic rings. The standard InChI is InChI=1S/C25H22N2O2/c1-16-8-4-5-9-19(16)23-22-20-10-6-7-11-21(20)26(2)24(22)25(28)27(23)17-12-14-18(29-3)15-13-17/h4-15,23H,1-3H3/t23-/m1/s1. The van der Waals surface area contributed by atoms with Crippen LogP contribution in [0, 0.1) is 6.92 Å². The molecule has 0 saturated heterocycles. The number of nitrogens with zero attached hydrogens (tertiary/aromatic N) is 2. The van der Waals surface area contributed by atoms with E-state index in [4.69, 9.17) is 4.74 Å². The maximum Gasteiger partial charge on any atom is 0.276 e. The van der Waals surface area contributed by atoms with Crippen molar-refractivity contribution in [3.63, 3.8) is 0 Å². The predicted octanol–water partition coefficient (Wildman–Crippen LogP) is 5.25. The van der Waals surface area contributed by atoms with Crippen molar-refractivity contribution in [2.75, 3.05) is 12.0 Å². The first-order valence-electron chi connectivity index (χ1n) is 9.72. The smallest absolute Gasteiger partial charge is 0.276 e. The molecule has 1 aromatic heterocycles. The van der Waals surface area contributed by atoms with Gasteiger partial charge in [0.2, 0.25) is 0 Å². The number of ether oxygens (including phenoxy) is 1. The molecule has 0 bridgehead atoms. The average Bonchev–Trinajstić information content (AvgIpc) is 3.22. The Morgan fingerprint density at radius 2 is 1.59 bits per heavy atom. The van der Waals surface area contributed by atoms with E-state index in [2.05, 4.69) is 31.2 Å². The lowest BCUT2D eigenvalue weighted by Crippen LogP contribution is -2.30. The van der Waals surface area contributed by atoms with Crippen LogP contribution in [0.1, 0.15) is 33.2 Å². The van der Waals surface area contributed by atoms with E-state index in [-0.39, 0.29) is 11.9 Å². The Morgan fingerprint density at radius 1 is 0.897 bits per heavy atom. The summed E-state index contributed by atoms with van der Waals surface area (Å²) in [6, 6.07) is 24.1. The van der Waals surface area contributed by atoms with Crippen LogP contribution in [0.3, 0.4) is 0 Å². The normalized spacial score (nSPS) is 15.8. The Labute approximate surface area is 170 Å². The van der Waals surface area contributed by atoms with Crippen LogP contribution in [0.4, 0.5) is 5.69 Å². The van der Waals surface area contributed by atoms with Gasteiger partial charge in [0.25, 0.3) is 5.91 Å². The van der Waals surface area contributed by atoms with E-state index in [1.54, 1.807) is 7.11 Å². The molecule has 144 valence electrons. The van der Waals surface area contributed by atoms with Gasteiger partial charge in [-0.25, -0.2) is 0 Å². The Kier molecular flexibility index (Phi) is 3.95. The second-order valence-corrected chi connectivity index (χ2v) is 7.47. The average molecular weight is 382 g/mol. The molecule has 0 spiro atoms. The molecule has 2 heterocycles. The number of carbonyl (C=O) groups is 1. The van der Waals surface area contributed by atoms with Crippen molar-refractivity contribution in [3.05, 3.63) is 95.2 Å². The second kappa shape index (κ2) is 6.52. The van der Waals surface area contributed by atoms with Gasteiger partial charge in [-0.1, -0.05) is 42.5 Å². The van der Waals surface area contributed by atoms with Gasteiger partial charge in [0.15, 0.2) is 0 Å². The zero-order valence-corrected chi connectivity index (χ0v) is 16.7. The van der Waals surface area contributed by atoms with Crippen LogP contribution in [0.15, 0.2) is 72.8 Å². The first kappa shape index (κ1) is 17.6. The van der Waals surface area contributed by atoms with Crippen LogP contribution in [-0.2, 0) is 7.05 Å². The Balaban J connectivity index is 1.79. The number of rotatable bonds is 3. The number of hydrogen-bond donors (Lipinski definition) is 0. The highest BCUT2D eigenvalue weighted by Crippen LogP contribution is 2.46. The van der Waals surface area contributed by atoms with Gasteiger partial charge in [-0.05, 0) is 48.4 Å². The third-order valence-corrected chi connectivity index (χ3v) is 5.93. The number of aromatic nitrogens is 1. The van der Waals surface area contributed by atoms with Gasteiger partial charge < -0.3 is 9.30 Å². The summed E-state index contributed by atoms with van der Waals surface area (Å²) in [5, 5.41) is 1.13. The number of carbonyl (C=O) groups excluding carboxylic acids is 1. The highest BCUT2D eigenvalue weighted by molar-refractivity contribution is 6.15. The van der Waals surface area contributed by atoms with E-state index in [0.717, 1.165) is 39.2 Å². The molecule has 1 atom stereocenters. The van der Waals surface area contributed by atoms with E-state index < -0.39 is 0 Å². The molecule has 29 heavy (non-hydrogen) atoms. The van der Waals surface area contributed by atoms with Crippen molar-refractivity contribution in [2.45, 2.75) is 13.0 Å². The number of para-hydroxylation sites is 1. The van der Waals surface area contributed by atoms with Gasteiger partial charge in [0, 0.05) is 29.2 Å². The predicted molar refractivity (Wildman–Crippen MR) is 116 cm³/mol. The number of anilines is 1. The number of methoxy groups -OCH3 is 1. The Morgan fingerprint density at radius 3 is 2.31 bits per heavy atom. The summed E-state index contributed by atoms with van der Waals surface area (Å²) >= 11 is 0. The highest BCUT2D eigenvalue weighted by atomic mass is 16.5. The van der Waals surface area contributed by atoms with Gasteiger partial charge >= 0.3 is 0 Å². The molecule has 0 unspecified atom stereocenters. The molecule has 1 aliphatic heterocycles. The van der Waals surface area contributed by atoms with Crippen LogP contribution >= 0.6 is 0 Å². The Hall–Kier alpha value is -3.53. The summed E-state index contributed by atoms with van der Waals surface area (Å²) in [6.07, 6.45) is 0. The lowest BCUT2D eigenvalue weighted by Gasteiger charge is -2.27. The maximum atomic E-state index is 13.7. The molecule has 0 N–H and O–H groups in total. The van der Waals surface area contributed by atoms with Crippen LogP contribution in [0.2, 0.25) is 0 Å². The fraction of sp³-hybridized carbons (Fsp3) is 0.160. The number of hydrogen-bond acceptors (Lipinski definition) is 2. The molecule has 3 aromatic carbocycles. The SMILES string of the molecule is COc1ccc(N2C(=O)c3c(c4ccccc4n3C)[C@H]2c2ccccc2C)cc1. The van der Waals surface area contributed by atoms with Crippen LogP contribution in [0.5, 0.6) is 5.75 Å². The van der Waals surface area contributed by atoms with Gasteiger partial charge in [-0.2, -0.15) is 0 Å². The van der Waals surface area contributed by atoms with Crippen LogP contribution in [-0.4, -0.2) is 17.6 Å². The minimum absolute atomic E-state index is 0.0251. The summed E-state index contributed by atoms with van der Waals surface area (Å²) < 4.78 is 7.33. The number of benzene rings is 3. The summed E-state index contributed by atoms with van der Waals surface area (Å²) in [7, 11) is 3.62. The minimum atomic E-state index is -0.168. The van der Waals surface area contributed by atoms with Crippen molar-refractivity contribution < 1.29 is 9.53 Å². The lowest BCUT2D eigenvalue weighted by molar-refractivity contribution is 0.0986. The first-order valence-corrected chi connectivity index (χ1v) is 9.72.